The quantitative estimate of drug-likeness (QED) is 0.917. The van der Waals surface area contributed by atoms with Gasteiger partial charge in [-0.25, -0.2) is 0 Å². The van der Waals surface area contributed by atoms with Crippen LogP contribution in [0.25, 0.3) is 11.3 Å². The van der Waals surface area contributed by atoms with Crippen molar-refractivity contribution in [1.82, 2.24) is 10.2 Å². The van der Waals surface area contributed by atoms with E-state index in [-0.39, 0.29) is 0 Å². The van der Waals surface area contributed by atoms with E-state index in [1.807, 2.05) is 19.1 Å². The number of ether oxygens (including phenoxy) is 1. The van der Waals surface area contributed by atoms with Crippen molar-refractivity contribution in [2.24, 2.45) is 0 Å². The van der Waals surface area contributed by atoms with Gasteiger partial charge in [0.1, 0.15) is 11.6 Å². The van der Waals surface area contributed by atoms with Crippen LogP contribution in [-0.2, 0) is 0 Å². The fourth-order valence-corrected chi connectivity index (χ4v) is 1.91. The third-order valence-electron chi connectivity index (χ3n) is 3.19. The Morgan fingerprint density at radius 1 is 1.16 bits per heavy atom. The maximum absolute atomic E-state index is 5.71. The Bertz CT molecular complexity index is 594. The fourth-order valence-electron chi connectivity index (χ4n) is 1.91. The number of hydrogen-bond donors (Lipinski definition) is 1. The highest BCUT2D eigenvalue weighted by molar-refractivity contribution is 5.69. The van der Waals surface area contributed by atoms with Crippen molar-refractivity contribution in [1.29, 1.82) is 0 Å². The van der Waals surface area contributed by atoms with Crippen molar-refractivity contribution < 1.29 is 4.74 Å². The molecule has 0 saturated carbocycles. The number of nitrogens with two attached hydrogens (primary N) is 1. The number of aryl methyl sites for hydroxylation is 1. The Morgan fingerprint density at radius 3 is 2.47 bits per heavy atom. The van der Waals surface area contributed by atoms with Crippen molar-refractivity contribution in [3.8, 4) is 17.0 Å². The summed E-state index contributed by atoms with van der Waals surface area (Å²) in [6.07, 6.45) is 0. The van der Waals surface area contributed by atoms with Crippen molar-refractivity contribution >= 4 is 5.82 Å². The molecule has 0 fully saturated rings. The largest absolute Gasteiger partial charge is 0.496 e. The second-order valence-electron chi connectivity index (χ2n) is 4.91. The van der Waals surface area contributed by atoms with Gasteiger partial charge in [0.05, 0.1) is 12.8 Å². The third kappa shape index (κ3) is 2.67. The van der Waals surface area contributed by atoms with E-state index in [1.165, 1.54) is 5.56 Å². The van der Waals surface area contributed by atoms with E-state index < -0.39 is 0 Å². The smallest absolute Gasteiger partial charge is 0.149 e. The molecule has 0 radical (unpaired) electrons. The van der Waals surface area contributed by atoms with Crippen molar-refractivity contribution in [2.75, 3.05) is 12.8 Å². The molecule has 100 valence electrons. The monoisotopic (exact) mass is 257 g/mol. The first-order valence-electron chi connectivity index (χ1n) is 6.31. The fraction of sp³-hybridized carbons (Fsp3) is 0.333. The first-order chi connectivity index (χ1) is 9.02. The number of nitrogen functional groups attached to an aromatic ring is 1. The lowest BCUT2D eigenvalue weighted by Gasteiger charge is -2.12. The van der Waals surface area contributed by atoms with E-state index in [1.54, 1.807) is 7.11 Å². The van der Waals surface area contributed by atoms with Gasteiger partial charge in [-0.3, -0.25) is 0 Å². The topological polar surface area (TPSA) is 61.0 Å². The van der Waals surface area contributed by atoms with Crippen LogP contribution in [-0.4, -0.2) is 17.3 Å². The number of anilines is 1. The van der Waals surface area contributed by atoms with E-state index in [2.05, 4.69) is 36.2 Å². The Kier molecular flexibility index (Phi) is 3.69. The van der Waals surface area contributed by atoms with Gasteiger partial charge in [0.2, 0.25) is 0 Å². The molecular formula is C15H19N3O. The van der Waals surface area contributed by atoms with Crippen LogP contribution >= 0.6 is 0 Å². The number of benzene rings is 1. The lowest BCUT2D eigenvalue weighted by Crippen LogP contribution is -2.00. The van der Waals surface area contributed by atoms with Gasteiger partial charge < -0.3 is 10.5 Å². The Labute approximate surface area is 113 Å². The third-order valence-corrected chi connectivity index (χ3v) is 3.19. The van der Waals surface area contributed by atoms with Gasteiger partial charge in [0.15, 0.2) is 0 Å². The van der Waals surface area contributed by atoms with Crippen LogP contribution in [0.1, 0.15) is 30.9 Å². The molecule has 1 aromatic carbocycles. The predicted molar refractivity (Wildman–Crippen MR) is 77.3 cm³/mol. The van der Waals surface area contributed by atoms with Crippen LogP contribution in [0, 0.1) is 6.92 Å². The van der Waals surface area contributed by atoms with Gasteiger partial charge in [-0.2, -0.15) is 0 Å². The number of aromatic nitrogens is 2. The Morgan fingerprint density at radius 2 is 1.89 bits per heavy atom. The van der Waals surface area contributed by atoms with E-state index in [0.717, 1.165) is 22.6 Å². The molecule has 0 aliphatic rings. The van der Waals surface area contributed by atoms with E-state index in [0.29, 0.717) is 11.7 Å². The zero-order valence-corrected chi connectivity index (χ0v) is 11.8. The molecule has 19 heavy (non-hydrogen) atoms. The molecule has 1 heterocycles. The highest BCUT2D eigenvalue weighted by Crippen LogP contribution is 2.32. The summed E-state index contributed by atoms with van der Waals surface area (Å²) < 4.78 is 5.41. The Hall–Kier alpha value is -2.10. The van der Waals surface area contributed by atoms with Gasteiger partial charge in [-0.05, 0) is 42.2 Å². The van der Waals surface area contributed by atoms with Crippen LogP contribution in [0.3, 0.4) is 0 Å². The number of rotatable bonds is 3. The lowest BCUT2D eigenvalue weighted by molar-refractivity contribution is 0.416. The maximum Gasteiger partial charge on any atom is 0.149 e. The predicted octanol–water partition coefficient (Wildman–Crippen LogP) is 3.17. The molecule has 0 unspecified atom stereocenters. The van der Waals surface area contributed by atoms with Crippen LogP contribution < -0.4 is 10.5 Å². The summed E-state index contributed by atoms with van der Waals surface area (Å²) in [6, 6.07) is 8.08. The molecule has 4 heteroatoms. The average molecular weight is 257 g/mol. The summed E-state index contributed by atoms with van der Waals surface area (Å²) >= 11 is 0. The van der Waals surface area contributed by atoms with E-state index in [9.17, 15) is 0 Å². The molecule has 1 aromatic heterocycles. The normalized spacial score (nSPS) is 10.8. The SMILES string of the molecule is COc1ccc(C(C)C)cc1-c1cc(C)c(N)nn1. The number of hydrogen-bond acceptors (Lipinski definition) is 4. The van der Waals surface area contributed by atoms with Gasteiger partial charge in [0, 0.05) is 5.56 Å². The molecule has 0 saturated heterocycles. The molecule has 0 bridgehead atoms. The average Bonchev–Trinajstić information content (AvgIpc) is 2.41. The van der Waals surface area contributed by atoms with Gasteiger partial charge in [-0.15, -0.1) is 10.2 Å². The van der Waals surface area contributed by atoms with Crippen molar-refractivity contribution in [3.63, 3.8) is 0 Å². The minimum Gasteiger partial charge on any atom is -0.496 e. The van der Waals surface area contributed by atoms with E-state index >= 15 is 0 Å². The first kappa shape index (κ1) is 13.3. The Balaban J connectivity index is 2.58. The van der Waals surface area contributed by atoms with Gasteiger partial charge in [-0.1, -0.05) is 19.9 Å². The highest BCUT2D eigenvalue weighted by atomic mass is 16.5. The number of nitrogens with zero attached hydrogens (tertiary/aromatic N) is 2. The maximum atomic E-state index is 5.71. The van der Waals surface area contributed by atoms with Crippen molar-refractivity contribution in [2.45, 2.75) is 26.7 Å². The molecule has 2 aromatic rings. The molecule has 0 amide bonds. The van der Waals surface area contributed by atoms with E-state index in [4.69, 9.17) is 10.5 Å². The first-order valence-corrected chi connectivity index (χ1v) is 6.31. The zero-order valence-electron chi connectivity index (χ0n) is 11.8. The molecule has 0 aliphatic heterocycles. The highest BCUT2D eigenvalue weighted by Gasteiger charge is 2.11. The summed E-state index contributed by atoms with van der Waals surface area (Å²) in [5.41, 5.74) is 9.60. The molecule has 2 N–H and O–H groups in total. The molecule has 2 rings (SSSR count). The standard InChI is InChI=1S/C15H19N3O/c1-9(2)11-5-6-14(19-4)12(8-11)13-7-10(3)15(16)18-17-13/h5-9H,1-4H3,(H2,16,18). The molecule has 0 spiro atoms. The van der Waals surface area contributed by atoms with Crippen LogP contribution in [0.5, 0.6) is 5.75 Å². The van der Waals surface area contributed by atoms with Crippen LogP contribution in [0.2, 0.25) is 0 Å². The second kappa shape index (κ2) is 5.26. The minimum absolute atomic E-state index is 0.451. The molecular weight excluding hydrogens is 238 g/mol. The van der Waals surface area contributed by atoms with Crippen LogP contribution in [0.15, 0.2) is 24.3 Å². The van der Waals surface area contributed by atoms with Gasteiger partial charge >= 0.3 is 0 Å². The minimum atomic E-state index is 0.451. The summed E-state index contributed by atoms with van der Waals surface area (Å²) in [5.74, 6) is 1.71. The lowest BCUT2D eigenvalue weighted by atomic mass is 9.98. The molecule has 0 atom stereocenters. The molecule has 4 nitrogen and oxygen atoms in total. The van der Waals surface area contributed by atoms with Crippen LogP contribution in [0.4, 0.5) is 5.82 Å². The van der Waals surface area contributed by atoms with Crippen molar-refractivity contribution in [3.05, 3.63) is 35.4 Å². The summed E-state index contributed by atoms with van der Waals surface area (Å²) in [4.78, 5) is 0. The molecule has 0 aliphatic carbocycles. The summed E-state index contributed by atoms with van der Waals surface area (Å²) in [7, 11) is 1.66. The zero-order chi connectivity index (χ0) is 14.0. The summed E-state index contributed by atoms with van der Waals surface area (Å²) in [6.45, 7) is 6.24. The second-order valence-corrected chi connectivity index (χ2v) is 4.91. The number of methoxy groups -OCH3 is 1. The van der Waals surface area contributed by atoms with Gasteiger partial charge in [0.25, 0.3) is 0 Å². The summed E-state index contributed by atoms with van der Waals surface area (Å²) in [5, 5.41) is 8.14.